The van der Waals surface area contributed by atoms with Crippen LogP contribution in [0.3, 0.4) is 0 Å². The van der Waals surface area contributed by atoms with Crippen molar-refractivity contribution in [3.63, 3.8) is 0 Å². The average Bonchev–Trinajstić information content (AvgIpc) is 2.27. The molecule has 3 nitrogen and oxygen atoms in total. The number of nitrogens with zero attached hydrogens (tertiary/aromatic N) is 1. The van der Waals surface area contributed by atoms with Crippen LogP contribution < -0.4 is 5.73 Å². The van der Waals surface area contributed by atoms with Crippen molar-refractivity contribution >= 4 is 5.91 Å². The molecule has 1 aliphatic rings. The molecule has 1 atom stereocenters. The summed E-state index contributed by atoms with van der Waals surface area (Å²) in [7, 11) is 0. The molecule has 0 aromatic rings. The highest BCUT2D eigenvalue weighted by Gasteiger charge is 2.20. The third-order valence-corrected chi connectivity index (χ3v) is 3.29. The van der Waals surface area contributed by atoms with Crippen LogP contribution in [0.5, 0.6) is 0 Å². The van der Waals surface area contributed by atoms with E-state index in [0.717, 1.165) is 25.9 Å². The Bertz CT molecular complexity index is 284. The lowest BCUT2D eigenvalue weighted by Gasteiger charge is -2.28. The predicted octanol–water partition coefficient (Wildman–Crippen LogP) is 2.18. The second kappa shape index (κ2) is 6.80. The SMILES string of the molecule is CC1=CCCN(C(=O)C[C@@H](CN)CC(C)C)C1. The Morgan fingerprint density at radius 3 is 2.76 bits per heavy atom. The minimum atomic E-state index is 0.272. The molecule has 0 saturated carbocycles. The smallest absolute Gasteiger partial charge is 0.223 e. The molecular weight excluding hydrogens is 212 g/mol. The van der Waals surface area contributed by atoms with E-state index in [0.29, 0.717) is 24.8 Å². The predicted molar refractivity (Wildman–Crippen MR) is 71.6 cm³/mol. The molecular formula is C14H26N2O. The number of nitrogens with two attached hydrogens (primary N) is 1. The fourth-order valence-electron chi connectivity index (χ4n) is 2.43. The Kier molecular flexibility index (Phi) is 5.69. The maximum absolute atomic E-state index is 12.1. The average molecular weight is 238 g/mol. The molecule has 0 unspecified atom stereocenters. The molecule has 17 heavy (non-hydrogen) atoms. The zero-order valence-electron chi connectivity index (χ0n) is 11.4. The van der Waals surface area contributed by atoms with Crippen LogP contribution in [0, 0.1) is 11.8 Å². The Morgan fingerprint density at radius 1 is 1.53 bits per heavy atom. The quantitative estimate of drug-likeness (QED) is 0.746. The standard InChI is InChI=1S/C14H26N2O/c1-11(2)7-13(9-15)8-14(17)16-6-4-5-12(3)10-16/h5,11,13H,4,6-10,15H2,1-3H3/t13-/m0/s1. The fraction of sp³-hybridized carbons (Fsp3) is 0.786. The van der Waals surface area contributed by atoms with Gasteiger partial charge in [-0.25, -0.2) is 0 Å². The number of hydrogen-bond acceptors (Lipinski definition) is 2. The Labute approximate surface area is 105 Å². The molecule has 0 saturated heterocycles. The van der Waals surface area contributed by atoms with Gasteiger partial charge in [0.25, 0.3) is 0 Å². The topological polar surface area (TPSA) is 46.3 Å². The van der Waals surface area contributed by atoms with Crippen molar-refractivity contribution in [2.45, 2.75) is 40.0 Å². The normalized spacial score (nSPS) is 18.2. The van der Waals surface area contributed by atoms with E-state index in [-0.39, 0.29) is 5.91 Å². The lowest BCUT2D eigenvalue weighted by atomic mass is 9.93. The summed E-state index contributed by atoms with van der Waals surface area (Å²) in [6.45, 7) is 8.75. The van der Waals surface area contributed by atoms with Crippen molar-refractivity contribution in [1.29, 1.82) is 0 Å². The molecule has 1 aliphatic heterocycles. The third kappa shape index (κ3) is 4.90. The molecule has 0 radical (unpaired) electrons. The van der Waals surface area contributed by atoms with Gasteiger partial charge in [0.15, 0.2) is 0 Å². The van der Waals surface area contributed by atoms with Gasteiger partial charge < -0.3 is 10.6 Å². The highest BCUT2D eigenvalue weighted by Crippen LogP contribution is 2.17. The van der Waals surface area contributed by atoms with Gasteiger partial charge in [0.05, 0.1) is 0 Å². The number of rotatable bonds is 5. The second-order valence-corrected chi connectivity index (χ2v) is 5.59. The van der Waals surface area contributed by atoms with Crippen LogP contribution in [0.1, 0.15) is 40.0 Å². The highest BCUT2D eigenvalue weighted by atomic mass is 16.2. The van der Waals surface area contributed by atoms with Crippen molar-refractivity contribution in [2.24, 2.45) is 17.6 Å². The van der Waals surface area contributed by atoms with E-state index in [2.05, 4.69) is 26.8 Å². The van der Waals surface area contributed by atoms with Crippen molar-refractivity contribution < 1.29 is 4.79 Å². The van der Waals surface area contributed by atoms with E-state index >= 15 is 0 Å². The zero-order valence-corrected chi connectivity index (χ0v) is 11.4. The zero-order chi connectivity index (χ0) is 12.8. The fourth-order valence-corrected chi connectivity index (χ4v) is 2.43. The molecule has 0 fully saturated rings. The van der Waals surface area contributed by atoms with E-state index in [1.807, 2.05) is 4.90 Å². The molecule has 3 heteroatoms. The molecule has 98 valence electrons. The lowest BCUT2D eigenvalue weighted by molar-refractivity contribution is -0.132. The molecule has 1 amide bonds. The molecule has 0 bridgehead atoms. The first kappa shape index (κ1) is 14.2. The molecule has 2 N–H and O–H groups in total. The summed E-state index contributed by atoms with van der Waals surface area (Å²) in [6.07, 6.45) is 4.88. The van der Waals surface area contributed by atoms with Gasteiger partial charge in [0, 0.05) is 19.5 Å². The Morgan fingerprint density at radius 2 is 2.24 bits per heavy atom. The monoisotopic (exact) mass is 238 g/mol. The summed E-state index contributed by atoms with van der Waals surface area (Å²) in [6, 6.07) is 0. The Hall–Kier alpha value is -0.830. The maximum Gasteiger partial charge on any atom is 0.223 e. The van der Waals surface area contributed by atoms with Gasteiger partial charge in [-0.1, -0.05) is 25.5 Å². The first-order valence-electron chi connectivity index (χ1n) is 6.66. The number of amides is 1. The van der Waals surface area contributed by atoms with Gasteiger partial charge in [-0.2, -0.15) is 0 Å². The van der Waals surface area contributed by atoms with Crippen LogP contribution in [0.2, 0.25) is 0 Å². The Balaban J connectivity index is 2.44. The van der Waals surface area contributed by atoms with Crippen LogP contribution >= 0.6 is 0 Å². The van der Waals surface area contributed by atoms with Gasteiger partial charge >= 0.3 is 0 Å². The van der Waals surface area contributed by atoms with Crippen molar-refractivity contribution in [2.75, 3.05) is 19.6 Å². The van der Waals surface area contributed by atoms with E-state index in [9.17, 15) is 4.79 Å². The summed E-state index contributed by atoms with van der Waals surface area (Å²) in [5.74, 6) is 1.22. The molecule has 0 aromatic carbocycles. The number of carbonyl (C=O) groups excluding carboxylic acids is 1. The van der Waals surface area contributed by atoms with Crippen LogP contribution in [0.4, 0.5) is 0 Å². The molecule has 0 spiro atoms. The van der Waals surface area contributed by atoms with Crippen molar-refractivity contribution in [1.82, 2.24) is 4.90 Å². The van der Waals surface area contributed by atoms with E-state index in [1.54, 1.807) is 0 Å². The van der Waals surface area contributed by atoms with Gasteiger partial charge in [-0.05, 0) is 38.1 Å². The summed E-state index contributed by atoms with van der Waals surface area (Å²) in [5.41, 5.74) is 7.05. The molecule has 0 aliphatic carbocycles. The third-order valence-electron chi connectivity index (χ3n) is 3.29. The van der Waals surface area contributed by atoms with Crippen molar-refractivity contribution in [3.8, 4) is 0 Å². The minimum absolute atomic E-state index is 0.272. The lowest BCUT2D eigenvalue weighted by Crippen LogP contribution is -2.37. The van der Waals surface area contributed by atoms with Gasteiger partial charge in [0.2, 0.25) is 5.91 Å². The van der Waals surface area contributed by atoms with Crippen LogP contribution in [0.15, 0.2) is 11.6 Å². The summed E-state index contributed by atoms with van der Waals surface area (Å²) in [4.78, 5) is 14.1. The summed E-state index contributed by atoms with van der Waals surface area (Å²) in [5, 5.41) is 0. The van der Waals surface area contributed by atoms with Crippen LogP contribution in [-0.2, 0) is 4.79 Å². The number of hydrogen-bond donors (Lipinski definition) is 1. The summed E-state index contributed by atoms with van der Waals surface area (Å²) >= 11 is 0. The van der Waals surface area contributed by atoms with Gasteiger partial charge in [-0.3, -0.25) is 4.79 Å². The van der Waals surface area contributed by atoms with E-state index in [4.69, 9.17) is 5.73 Å². The van der Waals surface area contributed by atoms with Crippen LogP contribution in [0.25, 0.3) is 0 Å². The van der Waals surface area contributed by atoms with Gasteiger partial charge in [-0.15, -0.1) is 0 Å². The van der Waals surface area contributed by atoms with E-state index in [1.165, 1.54) is 5.57 Å². The van der Waals surface area contributed by atoms with Gasteiger partial charge in [0.1, 0.15) is 0 Å². The van der Waals surface area contributed by atoms with Crippen molar-refractivity contribution in [3.05, 3.63) is 11.6 Å². The molecule has 0 aromatic heterocycles. The largest absolute Gasteiger partial charge is 0.338 e. The second-order valence-electron chi connectivity index (χ2n) is 5.59. The summed E-state index contributed by atoms with van der Waals surface area (Å²) < 4.78 is 0. The first-order valence-corrected chi connectivity index (χ1v) is 6.66. The molecule has 1 heterocycles. The van der Waals surface area contributed by atoms with Crippen LogP contribution in [-0.4, -0.2) is 30.4 Å². The highest BCUT2D eigenvalue weighted by molar-refractivity contribution is 5.77. The van der Waals surface area contributed by atoms with E-state index < -0.39 is 0 Å². The minimum Gasteiger partial charge on any atom is -0.338 e. The maximum atomic E-state index is 12.1. The first-order chi connectivity index (χ1) is 8.02. The molecule has 1 rings (SSSR count). The number of carbonyl (C=O) groups is 1.